The number of ether oxygens (including phenoxy) is 3. The average molecular weight is 290 g/mol. The van der Waals surface area contributed by atoms with Crippen LogP contribution >= 0.6 is 0 Å². The van der Waals surface area contributed by atoms with E-state index < -0.39 is 0 Å². The van der Waals surface area contributed by atoms with Crippen molar-refractivity contribution in [2.75, 3.05) is 27.0 Å². The van der Waals surface area contributed by atoms with Crippen LogP contribution in [0.1, 0.15) is 5.56 Å². The van der Waals surface area contributed by atoms with Gasteiger partial charge in [-0.05, 0) is 23.8 Å². The molecule has 1 amide bonds. The van der Waals surface area contributed by atoms with Gasteiger partial charge >= 0.3 is 0 Å². The summed E-state index contributed by atoms with van der Waals surface area (Å²) >= 11 is 0. The van der Waals surface area contributed by atoms with Gasteiger partial charge in [0.25, 0.3) is 0 Å². The number of amides is 1. The molecule has 21 heavy (non-hydrogen) atoms. The van der Waals surface area contributed by atoms with Crippen LogP contribution in [-0.2, 0) is 9.53 Å². The van der Waals surface area contributed by atoms with Gasteiger partial charge in [-0.3, -0.25) is 4.79 Å². The van der Waals surface area contributed by atoms with Crippen molar-refractivity contribution in [1.29, 1.82) is 0 Å². The number of carbonyl (C=O) groups excluding carboxylic acids is 1. The van der Waals surface area contributed by atoms with Gasteiger partial charge in [0, 0.05) is 26.3 Å². The lowest BCUT2D eigenvalue weighted by molar-refractivity contribution is -0.117. The van der Waals surface area contributed by atoms with E-state index in [9.17, 15) is 4.79 Å². The highest BCUT2D eigenvalue weighted by molar-refractivity contribution is 5.92. The molecule has 0 bridgehead atoms. The summed E-state index contributed by atoms with van der Waals surface area (Å²) in [6, 6.07) is 5.57. The standard InChI is InChI=1S/C15H18N2O4/c1-19-14-8-16-7-11(14)17-15(18)5-3-10-2-4-12-13(6-10)21-9-20-12/h2-6,11,14,16H,7-9H2,1H3,(H,17,18)/b5-3+/t11?,14-/m0/s1. The SMILES string of the molecule is CO[C@H]1CNCC1NC(=O)/C=C/c1ccc2c(c1)OCO2. The largest absolute Gasteiger partial charge is 0.454 e. The van der Waals surface area contributed by atoms with E-state index in [0.29, 0.717) is 5.75 Å². The molecular weight excluding hydrogens is 272 g/mol. The Morgan fingerprint density at radius 1 is 1.38 bits per heavy atom. The maximum Gasteiger partial charge on any atom is 0.244 e. The monoisotopic (exact) mass is 290 g/mol. The molecule has 0 aromatic heterocycles. The summed E-state index contributed by atoms with van der Waals surface area (Å²) in [5.74, 6) is 1.30. The molecule has 0 aliphatic carbocycles. The Hall–Kier alpha value is -2.05. The zero-order valence-corrected chi connectivity index (χ0v) is 11.8. The van der Waals surface area contributed by atoms with Crippen LogP contribution < -0.4 is 20.1 Å². The molecular formula is C15H18N2O4. The zero-order valence-electron chi connectivity index (χ0n) is 11.8. The second kappa shape index (κ2) is 6.15. The fourth-order valence-corrected chi connectivity index (χ4v) is 2.47. The van der Waals surface area contributed by atoms with Crippen LogP contribution in [-0.4, -0.2) is 45.0 Å². The summed E-state index contributed by atoms with van der Waals surface area (Å²) < 4.78 is 15.9. The van der Waals surface area contributed by atoms with Crippen LogP contribution in [0.2, 0.25) is 0 Å². The number of carbonyl (C=O) groups is 1. The molecule has 2 aliphatic heterocycles. The molecule has 1 fully saturated rings. The van der Waals surface area contributed by atoms with Gasteiger partial charge in [-0.2, -0.15) is 0 Å². The van der Waals surface area contributed by atoms with E-state index in [4.69, 9.17) is 14.2 Å². The van der Waals surface area contributed by atoms with Crippen molar-refractivity contribution >= 4 is 12.0 Å². The maximum absolute atomic E-state index is 11.9. The number of hydrogen-bond donors (Lipinski definition) is 2. The summed E-state index contributed by atoms with van der Waals surface area (Å²) in [4.78, 5) is 11.9. The van der Waals surface area contributed by atoms with Gasteiger partial charge in [-0.25, -0.2) is 0 Å². The summed E-state index contributed by atoms with van der Waals surface area (Å²) in [5, 5.41) is 6.12. The fourth-order valence-electron chi connectivity index (χ4n) is 2.47. The van der Waals surface area contributed by atoms with Crippen LogP contribution in [0.5, 0.6) is 11.5 Å². The minimum Gasteiger partial charge on any atom is -0.454 e. The van der Waals surface area contributed by atoms with Crippen LogP contribution in [0, 0.1) is 0 Å². The van der Waals surface area contributed by atoms with Crippen molar-refractivity contribution in [2.45, 2.75) is 12.1 Å². The molecule has 3 rings (SSSR count). The van der Waals surface area contributed by atoms with Crippen molar-refractivity contribution < 1.29 is 19.0 Å². The quantitative estimate of drug-likeness (QED) is 0.792. The molecule has 1 aromatic carbocycles. The van der Waals surface area contributed by atoms with Gasteiger partial charge in [0.05, 0.1) is 12.1 Å². The first-order valence-corrected chi connectivity index (χ1v) is 6.88. The molecule has 6 nitrogen and oxygen atoms in total. The molecule has 1 saturated heterocycles. The van der Waals surface area contributed by atoms with E-state index in [2.05, 4.69) is 10.6 Å². The van der Waals surface area contributed by atoms with Crippen molar-refractivity contribution in [1.82, 2.24) is 10.6 Å². The zero-order chi connectivity index (χ0) is 14.7. The van der Waals surface area contributed by atoms with E-state index in [1.54, 1.807) is 13.2 Å². The summed E-state index contributed by atoms with van der Waals surface area (Å²) in [5.41, 5.74) is 0.891. The lowest BCUT2D eigenvalue weighted by Gasteiger charge is -2.17. The number of hydrogen-bond acceptors (Lipinski definition) is 5. The predicted octanol–water partition coefficient (Wildman–Crippen LogP) is 0.531. The lowest BCUT2D eigenvalue weighted by Crippen LogP contribution is -2.42. The molecule has 1 unspecified atom stereocenters. The molecule has 0 spiro atoms. The van der Waals surface area contributed by atoms with Gasteiger partial charge < -0.3 is 24.8 Å². The van der Waals surface area contributed by atoms with Gasteiger partial charge in [0.1, 0.15) is 0 Å². The van der Waals surface area contributed by atoms with Crippen LogP contribution in [0.3, 0.4) is 0 Å². The van der Waals surface area contributed by atoms with E-state index in [-0.39, 0.29) is 24.8 Å². The highest BCUT2D eigenvalue weighted by Gasteiger charge is 2.27. The molecule has 6 heteroatoms. The minimum atomic E-state index is -0.136. The van der Waals surface area contributed by atoms with E-state index >= 15 is 0 Å². The number of methoxy groups -OCH3 is 1. The summed E-state index contributed by atoms with van der Waals surface area (Å²) in [6.45, 7) is 1.73. The van der Waals surface area contributed by atoms with E-state index in [1.165, 1.54) is 6.08 Å². The van der Waals surface area contributed by atoms with E-state index in [0.717, 1.165) is 24.4 Å². The first-order valence-electron chi connectivity index (χ1n) is 6.88. The normalized spacial score (nSPS) is 23.7. The first-order chi connectivity index (χ1) is 10.3. The third-order valence-electron chi connectivity index (χ3n) is 3.61. The fraction of sp³-hybridized carbons (Fsp3) is 0.400. The van der Waals surface area contributed by atoms with E-state index in [1.807, 2.05) is 18.2 Å². The minimum absolute atomic E-state index is 0.00361. The third-order valence-corrected chi connectivity index (χ3v) is 3.61. The number of rotatable bonds is 4. The smallest absolute Gasteiger partial charge is 0.244 e. The Labute approximate surface area is 123 Å². The lowest BCUT2D eigenvalue weighted by atomic mass is 10.2. The predicted molar refractivity (Wildman–Crippen MR) is 77.2 cm³/mol. The Morgan fingerprint density at radius 2 is 2.24 bits per heavy atom. The Bertz CT molecular complexity index is 559. The van der Waals surface area contributed by atoms with Gasteiger partial charge in [0.15, 0.2) is 11.5 Å². The summed E-state index contributed by atoms with van der Waals surface area (Å²) in [7, 11) is 1.65. The van der Waals surface area contributed by atoms with Crippen LogP contribution in [0.25, 0.3) is 6.08 Å². The second-order valence-corrected chi connectivity index (χ2v) is 4.99. The number of nitrogens with one attached hydrogen (secondary N) is 2. The summed E-state index contributed by atoms with van der Waals surface area (Å²) in [6.07, 6.45) is 3.29. The Kier molecular flexibility index (Phi) is 4.08. The highest BCUT2D eigenvalue weighted by Crippen LogP contribution is 2.32. The molecule has 0 radical (unpaired) electrons. The number of benzene rings is 1. The number of fused-ring (bicyclic) bond motifs is 1. The molecule has 2 heterocycles. The van der Waals surface area contributed by atoms with Crippen LogP contribution in [0.15, 0.2) is 24.3 Å². The van der Waals surface area contributed by atoms with Crippen LogP contribution in [0.4, 0.5) is 0 Å². The molecule has 2 aliphatic rings. The molecule has 2 atom stereocenters. The second-order valence-electron chi connectivity index (χ2n) is 4.99. The average Bonchev–Trinajstić information content (AvgIpc) is 3.12. The molecule has 2 N–H and O–H groups in total. The van der Waals surface area contributed by atoms with Crippen molar-refractivity contribution in [3.8, 4) is 11.5 Å². The van der Waals surface area contributed by atoms with Gasteiger partial charge in [-0.15, -0.1) is 0 Å². The van der Waals surface area contributed by atoms with Crippen molar-refractivity contribution in [2.24, 2.45) is 0 Å². The van der Waals surface area contributed by atoms with Gasteiger partial charge in [0.2, 0.25) is 12.7 Å². The molecule has 0 saturated carbocycles. The first kappa shape index (κ1) is 13.9. The molecule has 1 aromatic rings. The van der Waals surface area contributed by atoms with Crippen molar-refractivity contribution in [3.63, 3.8) is 0 Å². The molecule has 112 valence electrons. The van der Waals surface area contributed by atoms with Crippen molar-refractivity contribution in [3.05, 3.63) is 29.8 Å². The highest BCUT2D eigenvalue weighted by atomic mass is 16.7. The Morgan fingerprint density at radius 3 is 3.10 bits per heavy atom. The third kappa shape index (κ3) is 3.17. The Balaban J connectivity index is 1.59. The maximum atomic E-state index is 11.9. The topological polar surface area (TPSA) is 68.8 Å². The van der Waals surface area contributed by atoms with Gasteiger partial charge in [-0.1, -0.05) is 6.07 Å².